The number of hydrogen-bond acceptors (Lipinski definition) is 0. The van der Waals surface area contributed by atoms with Crippen molar-refractivity contribution in [2.24, 2.45) is 29.1 Å². The Morgan fingerprint density at radius 1 is 1.14 bits per heavy atom. The van der Waals surface area contributed by atoms with Gasteiger partial charge in [0.25, 0.3) is 0 Å². The van der Waals surface area contributed by atoms with Crippen LogP contribution in [-0.4, -0.2) is 0 Å². The molecule has 0 aromatic carbocycles. The van der Waals surface area contributed by atoms with Gasteiger partial charge >= 0.3 is 0 Å². The van der Waals surface area contributed by atoms with Crippen LogP contribution in [0.15, 0.2) is 0 Å². The maximum atomic E-state index is 2.50. The van der Waals surface area contributed by atoms with Gasteiger partial charge in [-0.15, -0.1) is 0 Å². The van der Waals surface area contributed by atoms with E-state index in [0.717, 1.165) is 23.7 Å². The third-order valence-electron chi connectivity index (χ3n) is 5.15. The van der Waals surface area contributed by atoms with Gasteiger partial charge in [-0.25, -0.2) is 0 Å². The van der Waals surface area contributed by atoms with E-state index in [1.165, 1.54) is 19.3 Å². The molecule has 0 aliphatic heterocycles. The van der Waals surface area contributed by atoms with Crippen LogP contribution in [0.5, 0.6) is 0 Å². The van der Waals surface area contributed by atoms with Crippen LogP contribution in [0.1, 0.15) is 59.8 Å². The molecule has 0 spiro atoms. The lowest BCUT2D eigenvalue weighted by Crippen LogP contribution is -2.29. The minimum Gasteiger partial charge on any atom is -0.0654 e. The lowest BCUT2D eigenvalue weighted by molar-refractivity contribution is 0.120. The van der Waals surface area contributed by atoms with Crippen molar-refractivity contribution in [3.05, 3.63) is 0 Å². The summed E-state index contributed by atoms with van der Waals surface area (Å²) in [5, 5.41) is 0. The van der Waals surface area contributed by atoms with E-state index in [1.54, 1.807) is 12.8 Å². The van der Waals surface area contributed by atoms with Gasteiger partial charge in [-0.2, -0.15) is 0 Å². The molecule has 2 aliphatic carbocycles. The average molecular weight is 194 g/mol. The van der Waals surface area contributed by atoms with Gasteiger partial charge in [0.05, 0.1) is 0 Å². The maximum absolute atomic E-state index is 2.50. The minimum absolute atomic E-state index is 0.617. The first-order valence-electron chi connectivity index (χ1n) is 6.54. The summed E-state index contributed by atoms with van der Waals surface area (Å²) in [6, 6.07) is 0. The molecule has 2 saturated carbocycles. The topological polar surface area (TPSA) is 0 Å². The van der Waals surface area contributed by atoms with Crippen molar-refractivity contribution < 1.29 is 0 Å². The van der Waals surface area contributed by atoms with Gasteiger partial charge in [0.15, 0.2) is 0 Å². The zero-order chi connectivity index (χ0) is 10.3. The molecule has 0 radical (unpaired) electrons. The molecule has 2 aliphatic rings. The van der Waals surface area contributed by atoms with Crippen LogP contribution in [-0.2, 0) is 0 Å². The van der Waals surface area contributed by atoms with Crippen LogP contribution in [0.4, 0.5) is 0 Å². The zero-order valence-electron chi connectivity index (χ0n) is 10.3. The lowest BCUT2D eigenvalue weighted by atomic mass is 9.68. The van der Waals surface area contributed by atoms with Crippen molar-refractivity contribution in [2.45, 2.75) is 59.8 Å². The molecule has 0 saturated heterocycles. The first-order valence-corrected chi connectivity index (χ1v) is 6.54. The van der Waals surface area contributed by atoms with Crippen molar-refractivity contribution in [2.75, 3.05) is 0 Å². The first-order chi connectivity index (χ1) is 6.54. The molecule has 0 N–H and O–H groups in total. The summed E-state index contributed by atoms with van der Waals surface area (Å²) < 4.78 is 0. The highest BCUT2D eigenvalue weighted by Crippen LogP contribution is 2.57. The van der Waals surface area contributed by atoms with E-state index in [0.29, 0.717) is 5.41 Å². The van der Waals surface area contributed by atoms with Crippen LogP contribution in [0.3, 0.4) is 0 Å². The normalized spacial score (nSPS) is 42.0. The van der Waals surface area contributed by atoms with E-state index in [4.69, 9.17) is 0 Å². The molecule has 0 aromatic rings. The Labute approximate surface area is 89.5 Å². The molecule has 82 valence electrons. The quantitative estimate of drug-likeness (QED) is 0.621. The smallest absolute Gasteiger partial charge is 0.0326 e. The molecule has 4 unspecified atom stereocenters. The van der Waals surface area contributed by atoms with Gasteiger partial charge in [0, 0.05) is 0 Å². The van der Waals surface area contributed by atoms with Crippen molar-refractivity contribution in [3.8, 4) is 0 Å². The summed E-state index contributed by atoms with van der Waals surface area (Å²) in [6.45, 7) is 9.78. The Balaban J connectivity index is 1.94. The van der Waals surface area contributed by atoms with Gasteiger partial charge in [-0.3, -0.25) is 0 Å². The van der Waals surface area contributed by atoms with E-state index < -0.39 is 0 Å². The maximum Gasteiger partial charge on any atom is -0.0326 e. The highest BCUT2D eigenvalue weighted by atomic mass is 14.5. The second-order valence-corrected chi connectivity index (χ2v) is 6.54. The molecule has 0 nitrogen and oxygen atoms in total. The summed E-state index contributed by atoms with van der Waals surface area (Å²) in [7, 11) is 0. The molecule has 2 fully saturated rings. The van der Waals surface area contributed by atoms with E-state index in [9.17, 15) is 0 Å². The van der Waals surface area contributed by atoms with E-state index >= 15 is 0 Å². The molecule has 14 heavy (non-hydrogen) atoms. The van der Waals surface area contributed by atoms with Crippen LogP contribution in [0.2, 0.25) is 0 Å². The second kappa shape index (κ2) is 3.54. The van der Waals surface area contributed by atoms with Crippen molar-refractivity contribution in [3.63, 3.8) is 0 Å². The van der Waals surface area contributed by atoms with Gasteiger partial charge in [-0.1, -0.05) is 34.1 Å². The molecular formula is C14H26. The lowest BCUT2D eigenvalue weighted by Gasteiger charge is -2.37. The zero-order valence-corrected chi connectivity index (χ0v) is 10.3. The molecule has 0 bridgehead atoms. The Hall–Kier alpha value is 0. The third kappa shape index (κ3) is 1.61. The first kappa shape index (κ1) is 10.5. The molecule has 0 heterocycles. The molecule has 4 atom stereocenters. The monoisotopic (exact) mass is 194 g/mol. The molecule has 2 rings (SSSR count). The number of hydrogen-bond donors (Lipinski definition) is 0. The molecule has 0 amide bonds. The minimum atomic E-state index is 0.617. The Kier molecular flexibility index (Phi) is 2.66. The molecular weight excluding hydrogens is 168 g/mol. The molecule has 0 heteroatoms. The fourth-order valence-electron chi connectivity index (χ4n) is 4.07. The Morgan fingerprint density at radius 2 is 1.86 bits per heavy atom. The van der Waals surface area contributed by atoms with Crippen LogP contribution < -0.4 is 0 Å². The fourth-order valence-corrected chi connectivity index (χ4v) is 4.07. The summed E-state index contributed by atoms with van der Waals surface area (Å²) in [5.74, 6) is 4.30. The second-order valence-electron chi connectivity index (χ2n) is 6.54. The van der Waals surface area contributed by atoms with E-state index in [2.05, 4.69) is 27.7 Å². The van der Waals surface area contributed by atoms with Gasteiger partial charge < -0.3 is 0 Å². The SMILES string of the molecule is CCCC(C)(C)C1CC2CC(C)C2C1. The van der Waals surface area contributed by atoms with E-state index in [-0.39, 0.29) is 0 Å². The van der Waals surface area contributed by atoms with Gasteiger partial charge in [-0.05, 0) is 54.8 Å². The van der Waals surface area contributed by atoms with Crippen molar-refractivity contribution >= 4 is 0 Å². The third-order valence-corrected chi connectivity index (χ3v) is 5.15. The number of rotatable bonds is 3. The van der Waals surface area contributed by atoms with E-state index in [1.807, 2.05) is 0 Å². The fraction of sp³-hybridized carbons (Fsp3) is 1.00. The predicted molar refractivity (Wildman–Crippen MR) is 62.2 cm³/mol. The van der Waals surface area contributed by atoms with Crippen LogP contribution >= 0.6 is 0 Å². The predicted octanol–water partition coefficient (Wildman–Crippen LogP) is 4.49. The summed E-state index contributed by atoms with van der Waals surface area (Å²) in [5.41, 5.74) is 0.617. The summed E-state index contributed by atoms with van der Waals surface area (Å²) >= 11 is 0. The Bertz CT molecular complexity index is 204. The van der Waals surface area contributed by atoms with Crippen LogP contribution in [0, 0.1) is 29.1 Å². The largest absolute Gasteiger partial charge is 0.0654 e. The van der Waals surface area contributed by atoms with Crippen molar-refractivity contribution in [1.82, 2.24) is 0 Å². The number of fused-ring (bicyclic) bond motifs is 1. The van der Waals surface area contributed by atoms with Crippen LogP contribution in [0.25, 0.3) is 0 Å². The standard InChI is InChI=1S/C14H26/c1-5-6-14(3,4)12-8-11-7-10(2)13(11)9-12/h10-13H,5-9H2,1-4H3. The molecule has 0 aromatic heterocycles. The highest BCUT2D eigenvalue weighted by Gasteiger charge is 2.48. The van der Waals surface area contributed by atoms with Gasteiger partial charge in [0.1, 0.15) is 0 Å². The Morgan fingerprint density at radius 3 is 2.36 bits per heavy atom. The average Bonchev–Trinajstić information content (AvgIpc) is 2.42. The van der Waals surface area contributed by atoms with Gasteiger partial charge in [0.2, 0.25) is 0 Å². The summed E-state index contributed by atoms with van der Waals surface area (Å²) in [6.07, 6.45) is 7.39. The highest BCUT2D eigenvalue weighted by molar-refractivity contribution is 4.98. The van der Waals surface area contributed by atoms with Crippen molar-refractivity contribution in [1.29, 1.82) is 0 Å². The summed E-state index contributed by atoms with van der Waals surface area (Å²) in [4.78, 5) is 0.